The second-order valence-corrected chi connectivity index (χ2v) is 10.4. The lowest BCUT2D eigenvalue weighted by atomic mass is 9.52. The highest BCUT2D eigenvalue weighted by molar-refractivity contribution is 5.73. The summed E-state index contributed by atoms with van der Waals surface area (Å²) in [7, 11) is 7.27. The van der Waals surface area contributed by atoms with E-state index in [-0.39, 0.29) is 31.0 Å². The number of amides is 1. The maximum Gasteiger partial charge on any atom is 0.414 e. The van der Waals surface area contributed by atoms with Crippen molar-refractivity contribution in [2.24, 2.45) is 29.6 Å². The van der Waals surface area contributed by atoms with Gasteiger partial charge >= 0.3 is 12.1 Å². The Morgan fingerprint density at radius 2 is 1.71 bits per heavy atom. The van der Waals surface area contributed by atoms with Crippen molar-refractivity contribution in [3.8, 4) is 5.75 Å². The number of carbonyl (C=O) groups is 2. The molecule has 4 bridgehead atoms. The summed E-state index contributed by atoms with van der Waals surface area (Å²) in [6, 6.07) is 3.48. The topological polar surface area (TPSA) is 68.7 Å². The molecule has 0 radical (unpaired) electrons. The van der Waals surface area contributed by atoms with Gasteiger partial charge in [0.2, 0.25) is 6.73 Å². The number of ether oxygens (including phenoxy) is 2. The second kappa shape index (κ2) is 9.33. The molecule has 0 unspecified atom stereocenters. The van der Waals surface area contributed by atoms with Crippen LogP contribution in [0.1, 0.15) is 37.8 Å². The monoisotopic (exact) mass is 451 g/mol. The van der Waals surface area contributed by atoms with E-state index in [1.807, 2.05) is 14.1 Å². The number of esters is 1. The highest BCUT2D eigenvalue weighted by Crippen LogP contribution is 2.56. The average Bonchev–Trinajstić information content (AvgIpc) is 2.67. The van der Waals surface area contributed by atoms with Crippen LogP contribution in [-0.4, -0.2) is 61.4 Å². The van der Waals surface area contributed by atoms with Gasteiger partial charge in [-0.05, 0) is 67.9 Å². The lowest BCUT2D eigenvalue weighted by molar-refractivity contribution is -0.920. The molecule has 4 aliphatic carbocycles. The first-order chi connectivity index (χ1) is 14.2. The van der Waals surface area contributed by atoms with Crippen molar-refractivity contribution in [3.63, 3.8) is 0 Å². The molecule has 8 heteroatoms. The number of hydrogen-bond acceptors (Lipinski definition) is 5. The lowest BCUT2D eigenvalue weighted by Crippen LogP contribution is -3.00. The van der Waals surface area contributed by atoms with Crippen molar-refractivity contribution < 1.29 is 36.0 Å². The normalized spacial score (nSPS) is 28.6. The quantitative estimate of drug-likeness (QED) is 0.353. The molecular formula is C23H34ClN3O4. The molecule has 7 nitrogen and oxygen atoms in total. The summed E-state index contributed by atoms with van der Waals surface area (Å²) in [5, 5.41) is 0. The lowest BCUT2D eigenvalue weighted by Gasteiger charge is -2.53. The van der Waals surface area contributed by atoms with E-state index in [0.717, 1.165) is 11.8 Å². The Kier molecular flexibility index (Phi) is 7.16. The van der Waals surface area contributed by atoms with Crippen LogP contribution in [0.4, 0.5) is 4.79 Å². The molecule has 0 N–H and O–H groups in total. The van der Waals surface area contributed by atoms with Crippen LogP contribution in [-0.2, 0) is 16.1 Å². The number of carbonyl (C=O) groups excluding carboxylic acids is 2. The molecule has 5 rings (SSSR count). The van der Waals surface area contributed by atoms with Gasteiger partial charge < -0.3 is 26.8 Å². The Bertz CT molecular complexity index is 786. The molecule has 4 aliphatic rings. The van der Waals surface area contributed by atoms with Crippen LogP contribution in [0, 0.1) is 29.6 Å². The van der Waals surface area contributed by atoms with Crippen molar-refractivity contribution in [1.29, 1.82) is 0 Å². The van der Waals surface area contributed by atoms with E-state index in [4.69, 9.17) is 9.47 Å². The summed E-state index contributed by atoms with van der Waals surface area (Å²) in [4.78, 5) is 30.7. The Hall–Kier alpha value is -1.86. The number of pyridine rings is 1. The van der Waals surface area contributed by atoms with E-state index in [9.17, 15) is 9.59 Å². The summed E-state index contributed by atoms with van der Waals surface area (Å²) in [6.45, 7) is 0.769. The Balaban J connectivity index is 0.00000272. The maximum absolute atomic E-state index is 13.0. The molecular weight excluding hydrogens is 418 g/mol. The van der Waals surface area contributed by atoms with E-state index in [2.05, 4.69) is 4.98 Å². The fourth-order valence-corrected chi connectivity index (χ4v) is 5.92. The number of aromatic nitrogens is 1. The van der Waals surface area contributed by atoms with E-state index in [1.54, 1.807) is 32.4 Å². The third-order valence-corrected chi connectivity index (χ3v) is 7.04. The molecule has 0 saturated heterocycles. The largest absolute Gasteiger partial charge is 1.00 e. The van der Waals surface area contributed by atoms with Gasteiger partial charge in [-0.15, -0.1) is 0 Å². The van der Waals surface area contributed by atoms with Crippen LogP contribution >= 0.6 is 0 Å². The molecule has 1 aromatic heterocycles. The minimum atomic E-state index is -0.442. The fraction of sp³-hybridized carbons (Fsp3) is 0.696. The van der Waals surface area contributed by atoms with Crippen LogP contribution in [0.2, 0.25) is 0 Å². The Morgan fingerprint density at radius 1 is 1.10 bits per heavy atom. The smallest absolute Gasteiger partial charge is 0.414 e. The zero-order valence-corrected chi connectivity index (χ0v) is 19.7. The molecule has 0 spiro atoms. The molecule has 172 valence electrons. The first kappa shape index (κ1) is 23.8. The molecule has 1 amide bonds. The molecule has 0 atom stereocenters. The van der Waals surface area contributed by atoms with Crippen LogP contribution in [0.5, 0.6) is 5.75 Å². The number of rotatable bonds is 6. The first-order valence-electron chi connectivity index (χ1n) is 11.0. The van der Waals surface area contributed by atoms with Crippen molar-refractivity contribution in [2.45, 2.75) is 38.6 Å². The summed E-state index contributed by atoms with van der Waals surface area (Å²) in [5.74, 6) is 3.25. The van der Waals surface area contributed by atoms with Crippen LogP contribution < -0.4 is 17.1 Å². The third-order valence-electron chi connectivity index (χ3n) is 7.04. The zero-order valence-electron chi connectivity index (χ0n) is 18.9. The Labute approximate surface area is 191 Å². The molecule has 1 heterocycles. The Morgan fingerprint density at radius 3 is 2.29 bits per heavy atom. The maximum atomic E-state index is 13.0. The summed E-state index contributed by atoms with van der Waals surface area (Å²) in [6.07, 6.45) is 7.45. The second-order valence-electron chi connectivity index (χ2n) is 10.4. The molecule has 4 fully saturated rings. The fourth-order valence-electron chi connectivity index (χ4n) is 5.92. The van der Waals surface area contributed by atoms with Gasteiger partial charge in [-0.2, -0.15) is 0 Å². The average molecular weight is 452 g/mol. The minimum absolute atomic E-state index is 0. The predicted molar refractivity (Wildman–Crippen MR) is 111 cm³/mol. The summed E-state index contributed by atoms with van der Waals surface area (Å²) in [5.41, 5.74) is 0.670. The van der Waals surface area contributed by atoms with Gasteiger partial charge in [-0.25, -0.2) is 4.79 Å². The third kappa shape index (κ3) is 5.32. The number of hydrogen-bond donors (Lipinski definition) is 0. The van der Waals surface area contributed by atoms with Gasteiger partial charge in [-0.3, -0.25) is 14.3 Å². The van der Waals surface area contributed by atoms with Gasteiger partial charge in [0.15, 0.2) is 5.75 Å². The SMILES string of the molecule is CN(C)C(=O)Oc1cccnc1C[N+](C)(C)COC(=O)C1C2CC3CC(C2)CC1C3.[Cl-]. The van der Waals surface area contributed by atoms with Crippen LogP contribution in [0.3, 0.4) is 0 Å². The first-order valence-corrected chi connectivity index (χ1v) is 11.0. The number of quaternary nitrogens is 1. The van der Waals surface area contributed by atoms with Gasteiger partial charge in [0.25, 0.3) is 0 Å². The highest BCUT2D eigenvalue weighted by Gasteiger charge is 2.51. The van der Waals surface area contributed by atoms with Gasteiger partial charge in [-0.1, -0.05) is 0 Å². The van der Waals surface area contributed by atoms with Crippen molar-refractivity contribution in [2.75, 3.05) is 34.9 Å². The van der Waals surface area contributed by atoms with Crippen molar-refractivity contribution in [1.82, 2.24) is 9.88 Å². The molecule has 4 saturated carbocycles. The van der Waals surface area contributed by atoms with E-state index in [1.165, 1.54) is 37.0 Å². The van der Waals surface area contributed by atoms with E-state index < -0.39 is 6.09 Å². The van der Waals surface area contributed by atoms with Crippen molar-refractivity contribution in [3.05, 3.63) is 24.0 Å². The number of halogens is 1. The van der Waals surface area contributed by atoms with Gasteiger partial charge in [0.05, 0.1) is 20.0 Å². The van der Waals surface area contributed by atoms with Crippen LogP contribution in [0.25, 0.3) is 0 Å². The van der Waals surface area contributed by atoms with Crippen molar-refractivity contribution >= 4 is 12.1 Å². The summed E-state index contributed by atoms with van der Waals surface area (Å²) >= 11 is 0. The highest BCUT2D eigenvalue weighted by atomic mass is 35.5. The summed E-state index contributed by atoms with van der Waals surface area (Å²) < 4.78 is 11.7. The van der Waals surface area contributed by atoms with Gasteiger partial charge in [0, 0.05) is 20.3 Å². The van der Waals surface area contributed by atoms with Gasteiger partial charge in [0.1, 0.15) is 12.2 Å². The molecule has 31 heavy (non-hydrogen) atoms. The minimum Gasteiger partial charge on any atom is -1.00 e. The van der Waals surface area contributed by atoms with Crippen LogP contribution in [0.15, 0.2) is 18.3 Å². The standard InChI is InChI=1S/C23H34N3O4.ClH/c1-25(2)23(28)30-20-6-5-7-24-19(20)13-26(3,4)14-29-22(27)21-17-9-15-8-16(11-17)12-18(21)10-15;/h5-7,15-18,21H,8-14H2,1-4H3;1H/q+1;/p-1. The van der Waals surface area contributed by atoms with E-state index >= 15 is 0 Å². The number of nitrogens with zero attached hydrogens (tertiary/aromatic N) is 3. The molecule has 0 aliphatic heterocycles. The molecule has 1 aromatic rings. The van der Waals surface area contributed by atoms with E-state index in [0.29, 0.717) is 34.3 Å². The zero-order chi connectivity index (χ0) is 21.5. The predicted octanol–water partition coefficient (Wildman–Crippen LogP) is 0.295. The molecule has 0 aromatic carbocycles.